The number of hydrogen-bond acceptors (Lipinski definition) is 7. The molecule has 0 spiro atoms. The van der Waals surface area contributed by atoms with Crippen molar-refractivity contribution in [3.05, 3.63) is 70.2 Å². The van der Waals surface area contributed by atoms with Gasteiger partial charge < -0.3 is 14.9 Å². The van der Waals surface area contributed by atoms with E-state index in [9.17, 15) is 14.7 Å². The van der Waals surface area contributed by atoms with Crippen molar-refractivity contribution in [2.75, 3.05) is 18.4 Å². The molecule has 9 heteroatoms. The number of rotatable bonds is 5. The fraction of sp³-hybridized carbons (Fsp3) is 0.364. The van der Waals surface area contributed by atoms with Gasteiger partial charge in [0.25, 0.3) is 11.5 Å². The van der Waals surface area contributed by atoms with E-state index < -0.39 is 17.2 Å². The van der Waals surface area contributed by atoms with Crippen LogP contribution in [0.25, 0.3) is 0 Å². The third kappa shape index (κ3) is 4.22. The quantitative estimate of drug-likeness (QED) is 0.648. The average Bonchev–Trinajstić information content (AvgIpc) is 3.31. The molecule has 4 rings (SSSR count). The van der Waals surface area contributed by atoms with Crippen LogP contribution in [0.15, 0.2) is 52.1 Å². The number of carbonyl (C=O) groups excluding carboxylic acids is 1. The van der Waals surface area contributed by atoms with Crippen molar-refractivity contribution in [2.24, 2.45) is 7.05 Å². The van der Waals surface area contributed by atoms with Gasteiger partial charge in [-0.25, -0.2) is 4.98 Å². The predicted octanol–water partition coefficient (Wildman–Crippen LogP) is 2.67. The SMILES string of the molecule is CC(c1ccccc1)N1CCCC(c2nc(C(=O)Nc3cnoc3)c(O)c(=O)n2C)C1. The fourth-order valence-corrected chi connectivity index (χ4v) is 4.10. The molecule has 3 aromatic rings. The standard InChI is InChI=1S/C22H25N5O4/c1-14(15-7-4-3-5-8-15)27-10-6-9-16(12-27)20-25-18(19(28)22(30)26(20)2)21(29)24-17-11-23-31-13-17/h3-5,7-8,11,13-14,16,28H,6,9-10,12H2,1-2H3,(H,24,29). The highest BCUT2D eigenvalue weighted by atomic mass is 16.5. The smallest absolute Gasteiger partial charge is 0.296 e. The molecule has 1 saturated heterocycles. The Morgan fingerprint density at radius 3 is 2.81 bits per heavy atom. The number of aromatic hydroxyl groups is 1. The monoisotopic (exact) mass is 423 g/mol. The van der Waals surface area contributed by atoms with Crippen LogP contribution in [0.5, 0.6) is 5.75 Å². The lowest BCUT2D eigenvalue weighted by atomic mass is 9.94. The van der Waals surface area contributed by atoms with E-state index >= 15 is 0 Å². The zero-order chi connectivity index (χ0) is 22.0. The zero-order valence-electron chi connectivity index (χ0n) is 17.5. The summed E-state index contributed by atoms with van der Waals surface area (Å²) in [5, 5.41) is 16.3. The molecule has 2 aromatic heterocycles. The van der Waals surface area contributed by atoms with Crippen LogP contribution in [-0.2, 0) is 7.05 Å². The Morgan fingerprint density at radius 1 is 1.32 bits per heavy atom. The van der Waals surface area contributed by atoms with Crippen LogP contribution in [-0.4, -0.2) is 43.7 Å². The maximum Gasteiger partial charge on any atom is 0.296 e. The topological polar surface area (TPSA) is 113 Å². The highest BCUT2D eigenvalue weighted by Crippen LogP contribution is 2.31. The maximum absolute atomic E-state index is 12.6. The lowest BCUT2D eigenvalue weighted by Gasteiger charge is -2.37. The molecule has 2 unspecified atom stereocenters. The summed E-state index contributed by atoms with van der Waals surface area (Å²) >= 11 is 0. The van der Waals surface area contributed by atoms with Crippen molar-refractivity contribution in [1.29, 1.82) is 0 Å². The highest BCUT2D eigenvalue weighted by Gasteiger charge is 2.30. The van der Waals surface area contributed by atoms with E-state index in [-0.39, 0.29) is 17.7 Å². The number of benzene rings is 1. The first-order chi connectivity index (χ1) is 15.0. The van der Waals surface area contributed by atoms with Crippen molar-refractivity contribution in [1.82, 2.24) is 19.6 Å². The largest absolute Gasteiger partial charge is 0.501 e. The molecule has 0 aliphatic carbocycles. The normalized spacial score (nSPS) is 17.9. The van der Waals surface area contributed by atoms with Gasteiger partial charge in [0.05, 0.1) is 6.20 Å². The molecule has 162 valence electrons. The number of anilines is 1. The number of nitrogens with one attached hydrogen (secondary N) is 1. The van der Waals surface area contributed by atoms with Crippen LogP contribution in [0.2, 0.25) is 0 Å². The maximum atomic E-state index is 12.6. The van der Waals surface area contributed by atoms with Gasteiger partial charge in [0.15, 0.2) is 5.69 Å². The van der Waals surface area contributed by atoms with Gasteiger partial charge >= 0.3 is 0 Å². The van der Waals surface area contributed by atoms with Gasteiger partial charge in [0.1, 0.15) is 17.8 Å². The van der Waals surface area contributed by atoms with Gasteiger partial charge in [-0.1, -0.05) is 35.5 Å². The molecule has 1 fully saturated rings. The molecule has 1 aromatic carbocycles. The second-order valence-electron chi connectivity index (χ2n) is 7.82. The number of hydrogen-bond donors (Lipinski definition) is 2. The summed E-state index contributed by atoms with van der Waals surface area (Å²) in [6.45, 7) is 3.81. The second-order valence-corrected chi connectivity index (χ2v) is 7.82. The number of amides is 1. The van der Waals surface area contributed by atoms with Gasteiger partial charge in [0, 0.05) is 25.6 Å². The summed E-state index contributed by atoms with van der Waals surface area (Å²) in [4.78, 5) is 32.1. The molecule has 0 radical (unpaired) electrons. The summed E-state index contributed by atoms with van der Waals surface area (Å²) in [6, 6.07) is 10.5. The lowest BCUT2D eigenvalue weighted by molar-refractivity contribution is 0.101. The number of aromatic nitrogens is 3. The molecular formula is C22H25N5O4. The minimum absolute atomic E-state index is 0.0413. The van der Waals surface area contributed by atoms with E-state index in [0.29, 0.717) is 18.1 Å². The molecule has 0 bridgehead atoms. The lowest BCUT2D eigenvalue weighted by Crippen LogP contribution is -2.39. The Bertz CT molecular complexity index is 1110. The average molecular weight is 423 g/mol. The molecule has 9 nitrogen and oxygen atoms in total. The Hall–Kier alpha value is -3.46. The zero-order valence-corrected chi connectivity index (χ0v) is 17.5. The van der Waals surface area contributed by atoms with Crippen molar-refractivity contribution < 1.29 is 14.4 Å². The Labute approximate surface area is 179 Å². The molecule has 1 amide bonds. The van der Waals surface area contributed by atoms with Crippen LogP contribution in [0, 0.1) is 0 Å². The van der Waals surface area contributed by atoms with Crippen LogP contribution in [0.3, 0.4) is 0 Å². The van der Waals surface area contributed by atoms with Crippen LogP contribution in [0.1, 0.15) is 53.6 Å². The summed E-state index contributed by atoms with van der Waals surface area (Å²) in [5.41, 5.74) is 0.597. The highest BCUT2D eigenvalue weighted by molar-refractivity contribution is 6.04. The molecule has 31 heavy (non-hydrogen) atoms. The Kier molecular flexibility index (Phi) is 5.85. The first-order valence-electron chi connectivity index (χ1n) is 10.2. The van der Waals surface area contributed by atoms with Gasteiger partial charge in [-0.2, -0.15) is 0 Å². The van der Waals surface area contributed by atoms with E-state index in [2.05, 4.69) is 39.4 Å². The van der Waals surface area contributed by atoms with Gasteiger partial charge in [0.2, 0.25) is 5.75 Å². The van der Waals surface area contributed by atoms with Crippen LogP contribution < -0.4 is 10.9 Å². The van der Waals surface area contributed by atoms with E-state index in [0.717, 1.165) is 19.4 Å². The molecule has 3 heterocycles. The third-order valence-electron chi connectivity index (χ3n) is 5.85. The van der Waals surface area contributed by atoms with E-state index in [1.54, 1.807) is 7.05 Å². The van der Waals surface area contributed by atoms with Gasteiger partial charge in [-0.05, 0) is 31.9 Å². The van der Waals surface area contributed by atoms with E-state index in [1.165, 1.54) is 22.6 Å². The summed E-state index contributed by atoms with van der Waals surface area (Å²) in [5.74, 6) is -0.918. The first-order valence-corrected chi connectivity index (χ1v) is 10.2. The Morgan fingerprint density at radius 2 is 2.10 bits per heavy atom. The van der Waals surface area contributed by atoms with Crippen molar-refractivity contribution in [3.8, 4) is 5.75 Å². The van der Waals surface area contributed by atoms with Crippen molar-refractivity contribution in [3.63, 3.8) is 0 Å². The minimum atomic E-state index is -0.690. The summed E-state index contributed by atoms with van der Waals surface area (Å²) in [6.07, 6.45) is 4.36. The summed E-state index contributed by atoms with van der Waals surface area (Å²) < 4.78 is 6.04. The molecular weight excluding hydrogens is 398 g/mol. The molecule has 0 saturated carbocycles. The molecule has 1 aliphatic heterocycles. The number of likely N-dealkylation sites (tertiary alicyclic amines) is 1. The van der Waals surface area contributed by atoms with Gasteiger partial charge in [-0.3, -0.25) is 19.1 Å². The first kappa shape index (κ1) is 20.8. The van der Waals surface area contributed by atoms with Crippen molar-refractivity contribution >= 4 is 11.6 Å². The molecule has 2 atom stereocenters. The van der Waals surface area contributed by atoms with Crippen LogP contribution >= 0.6 is 0 Å². The van der Waals surface area contributed by atoms with Crippen LogP contribution in [0.4, 0.5) is 5.69 Å². The van der Waals surface area contributed by atoms with Crippen molar-refractivity contribution in [2.45, 2.75) is 31.7 Å². The predicted molar refractivity (Wildman–Crippen MR) is 114 cm³/mol. The second kappa shape index (κ2) is 8.73. The fourth-order valence-electron chi connectivity index (χ4n) is 4.10. The summed E-state index contributed by atoms with van der Waals surface area (Å²) in [7, 11) is 1.58. The third-order valence-corrected chi connectivity index (χ3v) is 5.85. The molecule has 1 aliphatic rings. The molecule has 2 N–H and O–H groups in total. The number of carbonyl (C=O) groups is 1. The Balaban J connectivity index is 1.61. The number of nitrogens with zero attached hydrogens (tertiary/aromatic N) is 4. The minimum Gasteiger partial charge on any atom is -0.501 e. The van der Waals surface area contributed by atoms with E-state index in [4.69, 9.17) is 4.52 Å². The van der Waals surface area contributed by atoms with E-state index in [1.807, 2.05) is 18.2 Å². The van der Waals surface area contributed by atoms with Gasteiger partial charge in [-0.15, -0.1) is 0 Å². The number of piperidine rings is 1.